The number of carbonyl (C=O) groups excluding carboxylic acids is 1. The summed E-state index contributed by atoms with van der Waals surface area (Å²) in [5, 5.41) is 18.1. The number of esters is 1. The molecule has 114 valence electrons. The Morgan fingerprint density at radius 3 is 2.10 bits per heavy atom. The molecule has 0 radical (unpaired) electrons. The highest BCUT2D eigenvalue weighted by Crippen LogP contribution is 2.15. The minimum Gasteiger partial charge on any atom is -0.479 e. The Morgan fingerprint density at radius 2 is 1.62 bits per heavy atom. The number of aromatic carboxylic acids is 1. The van der Waals surface area contributed by atoms with E-state index in [9.17, 15) is 14.4 Å². The number of carbonyl (C=O) groups is 3. The van der Waals surface area contributed by atoms with Crippen LogP contribution in [0.25, 0.3) is 0 Å². The van der Waals surface area contributed by atoms with Gasteiger partial charge in [0.25, 0.3) is 0 Å². The number of hydrogen-bond donors (Lipinski definition) is 2. The van der Waals surface area contributed by atoms with Crippen molar-refractivity contribution in [3.8, 4) is 0 Å². The third kappa shape index (κ3) is 4.91. The van der Waals surface area contributed by atoms with Crippen molar-refractivity contribution in [1.29, 1.82) is 0 Å². The van der Waals surface area contributed by atoms with Gasteiger partial charge in [-0.2, -0.15) is 0 Å². The Morgan fingerprint density at radius 1 is 1.05 bits per heavy atom. The van der Waals surface area contributed by atoms with Gasteiger partial charge in [-0.05, 0) is 30.9 Å². The molecule has 1 aromatic rings. The van der Waals surface area contributed by atoms with E-state index in [4.69, 9.17) is 14.9 Å². The highest BCUT2D eigenvalue weighted by Gasteiger charge is 2.25. The SMILES string of the molecule is CC(C)CCC(OC(=O)c1ccccc1C(=O)O)C(=O)O. The Balaban J connectivity index is 2.87. The fraction of sp³-hybridized carbons (Fsp3) is 0.400. The van der Waals surface area contributed by atoms with E-state index in [0.29, 0.717) is 6.42 Å². The molecule has 0 bridgehead atoms. The van der Waals surface area contributed by atoms with Crippen LogP contribution in [0.2, 0.25) is 0 Å². The first-order valence-electron chi connectivity index (χ1n) is 6.59. The van der Waals surface area contributed by atoms with Crippen LogP contribution < -0.4 is 0 Å². The number of ether oxygens (including phenoxy) is 1. The van der Waals surface area contributed by atoms with E-state index in [-0.39, 0.29) is 23.5 Å². The summed E-state index contributed by atoms with van der Waals surface area (Å²) in [5.74, 6) is -3.17. The number of benzene rings is 1. The van der Waals surface area contributed by atoms with Crippen LogP contribution in [0.5, 0.6) is 0 Å². The molecule has 0 saturated carbocycles. The summed E-state index contributed by atoms with van der Waals surface area (Å²) in [6.07, 6.45) is -0.500. The van der Waals surface area contributed by atoms with Gasteiger partial charge in [-0.3, -0.25) is 0 Å². The lowest BCUT2D eigenvalue weighted by Crippen LogP contribution is -2.28. The third-order valence-electron chi connectivity index (χ3n) is 2.91. The summed E-state index contributed by atoms with van der Waals surface area (Å²) in [6, 6.07) is 5.54. The van der Waals surface area contributed by atoms with Gasteiger partial charge in [0.05, 0.1) is 11.1 Å². The second-order valence-corrected chi connectivity index (χ2v) is 5.05. The maximum absolute atomic E-state index is 12.0. The molecule has 0 aliphatic heterocycles. The van der Waals surface area contributed by atoms with Crippen molar-refractivity contribution >= 4 is 17.9 Å². The number of aliphatic carboxylic acids is 1. The Labute approximate surface area is 122 Å². The molecular weight excluding hydrogens is 276 g/mol. The van der Waals surface area contributed by atoms with Crippen LogP contribution in [-0.4, -0.2) is 34.2 Å². The molecule has 0 saturated heterocycles. The van der Waals surface area contributed by atoms with E-state index in [1.165, 1.54) is 24.3 Å². The fourth-order valence-corrected chi connectivity index (χ4v) is 1.76. The molecule has 0 fully saturated rings. The summed E-state index contributed by atoms with van der Waals surface area (Å²) in [4.78, 5) is 34.1. The molecule has 0 aromatic heterocycles. The quantitative estimate of drug-likeness (QED) is 0.749. The maximum Gasteiger partial charge on any atom is 0.345 e. The molecule has 6 heteroatoms. The van der Waals surface area contributed by atoms with E-state index in [1.54, 1.807) is 0 Å². The van der Waals surface area contributed by atoms with Gasteiger partial charge in [0.1, 0.15) is 0 Å². The lowest BCUT2D eigenvalue weighted by Gasteiger charge is -2.15. The predicted octanol–water partition coefficient (Wildman–Crippen LogP) is 2.43. The van der Waals surface area contributed by atoms with Crippen LogP contribution in [0.1, 0.15) is 47.4 Å². The van der Waals surface area contributed by atoms with Crippen molar-refractivity contribution in [3.05, 3.63) is 35.4 Å². The standard InChI is InChI=1S/C15H18O6/c1-9(2)7-8-12(14(18)19)21-15(20)11-6-4-3-5-10(11)13(16)17/h3-6,9,12H,7-8H2,1-2H3,(H,16,17)(H,18,19). The first-order chi connectivity index (χ1) is 9.82. The zero-order valence-corrected chi connectivity index (χ0v) is 11.9. The Bertz CT molecular complexity index is 535. The lowest BCUT2D eigenvalue weighted by atomic mass is 10.0. The number of rotatable bonds is 7. The van der Waals surface area contributed by atoms with Gasteiger partial charge in [-0.1, -0.05) is 26.0 Å². The smallest absolute Gasteiger partial charge is 0.345 e. The van der Waals surface area contributed by atoms with Crippen molar-refractivity contribution in [3.63, 3.8) is 0 Å². The maximum atomic E-state index is 12.0. The summed E-state index contributed by atoms with van der Waals surface area (Å²) in [6.45, 7) is 3.86. The molecule has 1 unspecified atom stereocenters. The minimum absolute atomic E-state index is 0.152. The Hall–Kier alpha value is -2.37. The largest absolute Gasteiger partial charge is 0.479 e. The summed E-state index contributed by atoms with van der Waals surface area (Å²) >= 11 is 0. The van der Waals surface area contributed by atoms with Gasteiger partial charge in [0.15, 0.2) is 6.10 Å². The van der Waals surface area contributed by atoms with Gasteiger partial charge in [-0.15, -0.1) is 0 Å². The number of carboxylic acids is 2. The average molecular weight is 294 g/mol. The Kier molecular flexibility index (Phi) is 5.90. The van der Waals surface area contributed by atoms with Crippen LogP contribution in [0.4, 0.5) is 0 Å². The van der Waals surface area contributed by atoms with Gasteiger partial charge in [-0.25, -0.2) is 14.4 Å². The summed E-state index contributed by atoms with van der Waals surface area (Å²) in [7, 11) is 0. The van der Waals surface area contributed by atoms with Gasteiger partial charge in [0.2, 0.25) is 0 Å². The van der Waals surface area contributed by atoms with E-state index < -0.39 is 24.0 Å². The highest BCUT2D eigenvalue weighted by atomic mass is 16.6. The second-order valence-electron chi connectivity index (χ2n) is 5.05. The normalized spacial score (nSPS) is 12.0. The molecule has 21 heavy (non-hydrogen) atoms. The zero-order valence-electron chi connectivity index (χ0n) is 11.9. The van der Waals surface area contributed by atoms with Crippen molar-refractivity contribution in [2.75, 3.05) is 0 Å². The van der Waals surface area contributed by atoms with Gasteiger partial charge >= 0.3 is 17.9 Å². The molecule has 6 nitrogen and oxygen atoms in total. The van der Waals surface area contributed by atoms with Crippen LogP contribution in [0.15, 0.2) is 24.3 Å². The molecule has 0 aliphatic carbocycles. The number of carboxylic acid groups (broad SMARTS) is 2. The first-order valence-corrected chi connectivity index (χ1v) is 6.59. The third-order valence-corrected chi connectivity index (χ3v) is 2.91. The van der Waals surface area contributed by atoms with Crippen LogP contribution in [-0.2, 0) is 9.53 Å². The predicted molar refractivity (Wildman–Crippen MR) is 74.3 cm³/mol. The van der Waals surface area contributed by atoms with Crippen molar-refractivity contribution in [1.82, 2.24) is 0 Å². The monoisotopic (exact) mass is 294 g/mol. The molecule has 1 aromatic carbocycles. The molecular formula is C15H18O6. The molecule has 1 atom stereocenters. The van der Waals surface area contributed by atoms with Crippen LogP contribution >= 0.6 is 0 Å². The van der Waals surface area contributed by atoms with Crippen molar-refractivity contribution in [2.24, 2.45) is 5.92 Å². The van der Waals surface area contributed by atoms with Crippen LogP contribution in [0.3, 0.4) is 0 Å². The summed E-state index contributed by atoms with van der Waals surface area (Å²) < 4.78 is 4.94. The van der Waals surface area contributed by atoms with Crippen molar-refractivity contribution < 1.29 is 29.3 Å². The molecule has 0 amide bonds. The molecule has 0 heterocycles. The van der Waals surface area contributed by atoms with E-state index >= 15 is 0 Å². The van der Waals surface area contributed by atoms with Crippen LogP contribution in [0, 0.1) is 5.92 Å². The highest BCUT2D eigenvalue weighted by molar-refractivity contribution is 6.02. The average Bonchev–Trinajstić information content (AvgIpc) is 2.42. The van der Waals surface area contributed by atoms with E-state index in [0.717, 1.165) is 0 Å². The summed E-state index contributed by atoms with van der Waals surface area (Å²) in [5.41, 5.74) is -0.365. The molecule has 1 rings (SSSR count). The van der Waals surface area contributed by atoms with E-state index in [1.807, 2.05) is 13.8 Å². The lowest BCUT2D eigenvalue weighted by molar-refractivity contribution is -0.147. The topological polar surface area (TPSA) is 101 Å². The minimum atomic E-state index is -1.28. The fourth-order valence-electron chi connectivity index (χ4n) is 1.76. The molecule has 0 aliphatic rings. The first kappa shape index (κ1) is 16.7. The van der Waals surface area contributed by atoms with Crippen molar-refractivity contribution in [2.45, 2.75) is 32.8 Å². The molecule has 0 spiro atoms. The number of hydrogen-bond acceptors (Lipinski definition) is 4. The van der Waals surface area contributed by atoms with E-state index in [2.05, 4.69) is 0 Å². The zero-order chi connectivity index (χ0) is 16.0. The molecule has 2 N–H and O–H groups in total. The van der Waals surface area contributed by atoms with Gasteiger partial charge < -0.3 is 14.9 Å². The second kappa shape index (κ2) is 7.42. The van der Waals surface area contributed by atoms with Gasteiger partial charge in [0, 0.05) is 0 Å².